The van der Waals surface area contributed by atoms with Crippen LogP contribution in [0.4, 0.5) is 5.69 Å². The molecule has 1 aliphatic carbocycles. The molecule has 148 valence electrons. The molecule has 3 heteroatoms. The van der Waals surface area contributed by atoms with Gasteiger partial charge in [0.05, 0.1) is 15.7 Å². The number of fused-ring (bicyclic) bond motifs is 1. The van der Waals surface area contributed by atoms with Gasteiger partial charge in [-0.2, -0.15) is 0 Å². The lowest BCUT2D eigenvalue weighted by atomic mass is 9.73. The topological polar surface area (TPSA) is 12.4 Å². The summed E-state index contributed by atoms with van der Waals surface area (Å²) in [6, 6.07) is 23.1. The molecule has 0 bridgehead atoms. The van der Waals surface area contributed by atoms with E-state index < -0.39 is 0 Å². The number of benzene rings is 3. The van der Waals surface area contributed by atoms with Crippen LogP contribution in [0.25, 0.3) is 0 Å². The third kappa shape index (κ3) is 4.27. The number of rotatable bonds is 4. The summed E-state index contributed by atoms with van der Waals surface area (Å²) in [5, 5.41) is 1.24. The Labute approximate surface area is 183 Å². The maximum absolute atomic E-state index is 6.31. The smallest absolute Gasteiger partial charge is 0.0636 e. The lowest BCUT2D eigenvalue weighted by molar-refractivity contribution is 0.507. The summed E-state index contributed by atoms with van der Waals surface area (Å²) in [4.78, 5) is 4.91. The minimum atomic E-state index is 0.357. The fourth-order valence-corrected chi connectivity index (χ4v) is 4.72. The molecule has 0 amide bonds. The Hall–Kier alpha value is -2.09. The zero-order valence-electron chi connectivity index (χ0n) is 16.8. The van der Waals surface area contributed by atoms with E-state index in [9.17, 15) is 0 Å². The predicted molar refractivity (Wildman–Crippen MR) is 125 cm³/mol. The molecule has 0 spiro atoms. The fourth-order valence-electron chi connectivity index (χ4n) is 4.42. The van der Waals surface area contributed by atoms with Crippen molar-refractivity contribution in [1.29, 1.82) is 0 Å². The van der Waals surface area contributed by atoms with Crippen LogP contribution >= 0.6 is 23.2 Å². The van der Waals surface area contributed by atoms with Crippen LogP contribution < -0.4 is 0 Å². The molecular weight excluding hydrogens is 397 g/mol. The van der Waals surface area contributed by atoms with E-state index in [0.717, 1.165) is 29.8 Å². The average Bonchev–Trinajstić information content (AvgIpc) is 2.75. The zero-order chi connectivity index (χ0) is 20.4. The molecule has 1 nitrogen and oxygen atoms in total. The molecule has 0 N–H and O–H groups in total. The van der Waals surface area contributed by atoms with Crippen molar-refractivity contribution in [3.63, 3.8) is 0 Å². The summed E-state index contributed by atoms with van der Waals surface area (Å²) in [7, 11) is 0. The van der Waals surface area contributed by atoms with Crippen LogP contribution in [0.1, 0.15) is 67.2 Å². The second-order valence-corrected chi connectivity index (χ2v) is 8.60. The van der Waals surface area contributed by atoms with Gasteiger partial charge in [0.1, 0.15) is 0 Å². The van der Waals surface area contributed by atoms with Crippen molar-refractivity contribution in [3.8, 4) is 0 Å². The van der Waals surface area contributed by atoms with Crippen molar-refractivity contribution in [1.82, 2.24) is 0 Å². The number of halogens is 2. The molecule has 2 atom stereocenters. The van der Waals surface area contributed by atoms with Crippen molar-refractivity contribution in [2.75, 3.05) is 0 Å². The second kappa shape index (κ2) is 8.73. The first-order chi connectivity index (χ1) is 14.1. The summed E-state index contributed by atoms with van der Waals surface area (Å²) < 4.78 is 0. The first kappa shape index (κ1) is 20.2. The van der Waals surface area contributed by atoms with Crippen molar-refractivity contribution in [2.24, 2.45) is 4.99 Å². The molecule has 0 radical (unpaired) electrons. The highest BCUT2D eigenvalue weighted by molar-refractivity contribution is 6.42. The fraction of sp³-hybridized carbons (Fsp3) is 0.269. The number of hydrogen-bond acceptors (Lipinski definition) is 1. The van der Waals surface area contributed by atoms with E-state index in [4.69, 9.17) is 28.2 Å². The third-order valence-electron chi connectivity index (χ3n) is 6.02. The van der Waals surface area contributed by atoms with Gasteiger partial charge in [0.15, 0.2) is 0 Å². The SMILES string of the molecule is CCC1CCC(c2ccc(Cl)c(Cl)c2)c2ccc(N=C(C)c3ccccc3)cc21. The van der Waals surface area contributed by atoms with Gasteiger partial charge in [-0.1, -0.05) is 72.6 Å². The Morgan fingerprint density at radius 2 is 1.69 bits per heavy atom. The van der Waals surface area contributed by atoms with Crippen LogP contribution in [0.5, 0.6) is 0 Å². The average molecular weight is 422 g/mol. The lowest BCUT2D eigenvalue weighted by Crippen LogP contribution is -2.15. The van der Waals surface area contributed by atoms with Gasteiger partial charge in [-0.3, -0.25) is 4.99 Å². The molecule has 0 aromatic heterocycles. The normalized spacial score (nSPS) is 19.1. The van der Waals surface area contributed by atoms with Crippen molar-refractivity contribution >= 4 is 34.6 Å². The Morgan fingerprint density at radius 1 is 0.897 bits per heavy atom. The molecule has 0 heterocycles. The summed E-state index contributed by atoms with van der Waals surface area (Å²) in [5.41, 5.74) is 7.29. The molecule has 4 rings (SSSR count). The minimum Gasteiger partial charge on any atom is -0.253 e. The summed E-state index contributed by atoms with van der Waals surface area (Å²) in [6.07, 6.45) is 3.46. The lowest BCUT2D eigenvalue weighted by Gasteiger charge is -2.32. The van der Waals surface area contributed by atoms with Crippen LogP contribution in [0, 0.1) is 0 Å². The Balaban J connectivity index is 1.73. The van der Waals surface area contributed by atoms with Crippen molar-refractivity contribution < 1.29 is 0 Å². The quantitative estimate of drug-likeness (QED) is 0.374. The van der Waals surface area contributed by atoms with Crippen LogP contribution in [-0.2, 0) is 0 Å². The standard InChI is InChI=1S/C26H25Cl2N/c1-3-18-9-12-22(20-10-14-25(27)26(28)15-20)23-13-11-21(16-24(18)23)29-17(2)19-7-5-4-6-8-19/h4-8,10-11,13-16,18,22H,3,9,12H2,1-2H3. The maximum atomic E-state index is 6.31. The number of aliphatic imine (C=N–C) groups is 1. The highest BCUT2D eigenvalue weighted by Gasteiger charge is 2.28. The van der Waals surface area contributed by atoms with E-state index in [0.29, 0.717) is 21.9 Å². The maximum Gasteiger partial charge on any atom is 0.0636 e. The van der Waals surface area contributed by atoms with Gasteiger partial charge in [0.2, 0.25) is 0 Å². The zero-order valence-corrected chi connectivity index (χ0v) is 18.3. The van der Waals surface area contributed by atoms with Crippen LogP contribution in [-0.4, -0.2) is 5.71 Å². The van der Waals surface area contributed by atoms with Gasteiger partial charge in [-0.05, 0) is 78.6 Å². The van der Waals surface area contributed by atoms with Gasteiger partial charge in [0, 0.05) is 11.6 Å². The Kier molecular flexibility index (Phi) is 6.08. The van der Waals surface area contributed by atoms with Gasteiger partial charge < -0.3 is 0 Å². The number of nitrogens with zero attached hydrogens (tertiary/aromatic N) is 1. The molecule has 3 aromatic carbocycles. The Morgan fingerprint density at radius 3 is 2.41 bits per heavy atom. The molecule has 0 saturated heterocycles. The van der Waals surface area contributed by atoms with E-state index in [-0.39, 0.29) is 0 Å². The van der Waals surface area contributed by atoms with E-state index in [1.54, 1.807) is 0 Å². The molecule has 2 unspecified atom stereocenters. The molecular formula is C26H25Cl2N. The second-order valence-electron chi connectivity index (χ2n) is 7.79. The molecule has 0 saturated carbocycles. The largest absolute Gasteiger partial charge is 0.253 e. The summed E-state index contributed by atoms with van der Waals surface area (Å²) >= 11 is 12.4. The van der Waals surface area contributed by atoms with Crippen LogP contribution in [0.3, 0.4) is 0 Å². The van der Waals surface area contributed by atoms with Crippen molar-refractivity contribution in [2.45, 2.75) is 44.9 Å². The van der Waals surface area contributed by atoms with Crippen molar-refractivity contribution in [3.05, 3.63) is 99.0 Å². The highest BCUT2D eigenvalue weighted by Crippen LogP contribution is 2.45. The molecule has 3 aromatic rings. The first-order valence-corrected chi connectivity index (χ1v) is 11.0. The van der Waals surface area contributed by atoms with E-state index >= 15 is 0 Å². The Bertz CT molecular complexity index is 1040. The van der Waals surface area contributed by atoms with Crippen LogP contribution in [0.15, 0.2) is 71.7 Å². The molecule has 29 heavy (non-hydrogen) atoms. The highest BCUT2D eigenvalue weighted by atomic mass is 35.5. The third-order valence-corrected chi connectivity index (χ3v) is 6.76. The summed E-state index contributed by atoms with van der Waals surface area (Å²) in [6.45, 7) is 4.35. The van der Waals surface area contributed by atoms with Crippen LogP contribution in [0.2, 0.25) is 10.0 Å². The molecule has 0 fully saturated rings. The monoisotopic (exact) mass is 421 g/mol. The van der Waals surface area contributed by atoms with Gasteiger partial charge >= 0.3 is 0 Å². The van der Waals surface area contributed by atoms with Gasteiger partial charge in [-0.15, -0.1) is 0 Å². The molecule has 0 aliphatic heterocycles. The molecule has 1 aliphatic rings. The van der Waals surface area contributed by atoms with E-state index in [1.807, 2.05) is 18.2 Å². The van der Waals surface area contributed by atoms with Gasteiger partial charge in [0.25, 0.3) is 0 Å². The van der Waals surface area contributed by atoms with Gasteiger partial charge in [-0.25, -0.2) is 0 Å². The van der Waals surface area contributed by atoms with E-state index in [1.165, 1.54) is 23.1 Å². The first-order valence-electron chi connectivity index (χ1n) is 10.3. The summed E-state index contributed by atoms with van der Waals surface area (Å²) in [5.74, 6) is 0.937. The number of hydrogen-bond donors (Lipinski definition) is 0. The minimum absolute atomic E-state index is 0.357. The van der Waals surface area contributed by atoms with E-state index in [2.05, 4.69) is 62.4 Å². The predicted octanol–water partition coefficient (Wildman–Crippen LogP) is 8.55.